The van der Waals surface area contributed by atoms with E-state index in [9.17, 15) is 14.4 Å². The summed E-state index contributed by atoms with van der Waals surface area (Å²) in [6, 6.07) is 5.85. The van der Waals surface area contributed by atoms with Crippen LogP contribution in [-0.4, -0.2) is 72.7 Å². The number of amides is 2. The van der Waals surface area contributed by atoms with Gasteiger partial charge in [0.25, 0.3) is 5.91 Å². The third-order valence-corrected chi connectivity index (χ3v) is 5.06. The predicted molar refractivity (Wildman–Crippen MR) is 127 cm³/mol. The quantitative estimate of drug-likeness (QED) is 0.253. The van der Waals surface area contributed by atoms with Crippen LogP contribution in [0, 0.1) is 0 Å². The maximum Gasteiger partial charge on any atom is 0.328 e. The number of halogens is 1. The van der Waals surface area contributed by atoms with Crippen LogP contribution in [0.4, 0.5) is 0 Å². The van der Waals surface area contributed by atoms with E-state index in [1.54, 1.807) is 29.2 Å². The second kappa shape index (κ2) is 14.7. The molecule has 1 fully saturated rings. The normalized spacial score (nSPS) is 15.6. The molecule has 2 amide bonds. The lowest BCUT2D eigenvalue weighted by Crippen LogP contribution is -2.46. The van der Waals surface area contributed by atoms with Crippen molar-refractivity contribution in [3.8, 4) is 0 Å². The Hall–Kier alpha value is -2.27. The van der Waals surface area contributed by atoms with Gasteiger partial charge in [-0.05, 0) is 49.9 Å². The number of morpholine rings is 1. The van der Waals surface area contributed by atoms with Crippen LogP contribution in [-0.2, 0) is 20.7 Å². The fraction of sp³-hybridized carbons (Fsp3) is 0.500. The van der Waals surface area contributed by atoms with Crippen molar-refractivity contribution in [3.63, 3.8) is 0 Å². The monoisotopic (exact) mass is 512 g/mol. The Labute approximate surface area is 198 Å². The second-order valence-electron chi connectivity index (χ2n) is 7.51. The molecule has 10 heteroatoms. The molecule has 1 heterocycles. The number of aliphatic carboxylic acids is 1. The number of rotatable bonds is 11. The lowest BCUT2D eigenvalue weighted by Gasteiger charge is -2.26. The summed E-state index contributed by atoms with van der Waals surface area (Å²) in [6.07, 6.45) is 4.90. The average Bonchev–Trinajstić information content (AvgIpc) is 2.78. The molecule has 1 aromatic carbocycles. The summed E-state index contributed by atoms with van der Waals surface area (Å²) in [7, 11) is 0. The number of nitrogens with zero attached hydrogens (tertiary/aromatic N) is 1. The molecule has 1 aromatic rings. The molecule has 1 saturated heterocycles. The smallest absolute Gasteiger partial charge is 0.328 e. The molecule has 0 aromatic heterocycles. The van der Waals surface area contributed by atoms with E-state index in [1.165, 1.54) is 6.08 Å². The van der Waals surface area contributed by atoms with Crippen molar-refractivity contribution < 1.29 is 24.2 Å². The van der Waals surface area contributed by atoms with Gasteiger partial charge in [-0.15, -0.1) is 17.0 Å². The minimum Gasteiger partial charge on any atom is -0.478 e. The van der Waals surface area contributed by atoms with E-state index in [0.29, 0.717) is 51.3 Å². The zero-order valence-electron chi connectivity index (χ0n) is 18.1. The van der Waals surface area contributed by atoms with Crippen molar-refractivity contribution in [2.75, 3.05) is 32.8 Å². The first-order chi connectivity index (χ1) is 14.9. The Balaban J connectivity index is 0.00000512. The van der Waals surface area contributed by atoms with Crippen LogP contribution in [0.5, 0.6) is 0 Å². The van der Waals surface area contributed by atoms with Gasteiger partial charge < -0.3 is 31.5 Å². The number of benzene rings is 1. The summed E-state index contributed by atoms with van der Waals surface area (Å²) >= 11 is 0. The first kappa shape index (κ1) is 27.8. The molecular weight excluding hydrogens is 480 g/mol. The van der Waals surface area contributed by atoms with Gasteiger partial charge in [0.05, 0.1) is 19.3 Å². The number of nitrogens with one attached hydrogen (secondary N) is 1. The van der Waals surface area contributed by atoms with Crippen molar-refractivity contribution in [1.82, 2.24) is 10.2 Å². The van der Waals surface area contributed by atoms with Crippen LogP contribution in [0.1, 0.15) is 35.2 Å². The molecule has 0 aliphatic carbocycles. The largest absolute Gasteiger partial charge is 0.478 e. The number of carboxylic acid groups (broad SMARTS) is 1. The summed E-state index contributed by atoms with van der Waals surface area (Å²) in [4.78, 5) is 37.6. The Bertz CT molecular complexity index is 766. The Morgan fingerprint density at radius 2 is 1.81 bits per heavy atom. The number of carboxylic acids is 1. The number of carbonyl (C=O) groups is 3. The highest BCUT2D eigenvalue weighted by molar-refractivity contribution is 8.93. The molecule has 32 heavy (non-hydrogen) atoms. The third kappa shape index (κ3) is 9.47. The summed E-state index contributed by atoms with van der Waals surface area (Å²) in [5.41, 5.74) is 13.0. The van der Waals surface area contributed by atoms with Gasteiger partial charge in [-0.2, -0.15) is 0 Å². The molecule has 1 aliphatic heterocycles. The van der Waals surface area contributed by atoms with Gasteiger partial charge in [0.15, 0.2) is 0 Å². The van der Waals surface area contributed by atoms with Gasteiger partial charge in [-0.1, -0.05) is 18.2 Å². The minimum absolute atomic E-state index is 0. The Morgan fingerprint density at radius 3 is 2.41 bits per heavy atom. The fourth-order valence-corrected chi connectivity index (χ4v) is 3.29. The molecule has 0 saturated carbocycles. The van der Waals surface area contributed by atoms with Crippen molar-refractivity contribution in [1.29, 1.82) is 0 Å². The molecular formula is C22H33BrN4O5. The molecule has 9 nitrogen and oxygen atoms in total. The van der Waals surface area contributed by atoms with Crippen LogP contribution < -0.4 is 16.8 Å². The number of hydrogen-bond acceptors (Lipinski definition) is 6. The first-order valence-corrected chi connectivity index (χ1v) is 10.5. The molecule has 0 bridgehead atoms. The number of carbonyl (C=O) groups excluding carboxylic acids is 2. The van der Waals surface area contributed by atoms with E-state index in [0.717, 1.165) is 24.5 Å². The fourth-order valence-electron chi connectivity index (χ4n) is 3.29. The van der Waals surface area contributed by atoms with E-state index in [1.807, 2.05) is 0 Å². The van der Waals surface area contributed by atoms with Gasteiger partial charge in [0.1, 0.15) is 0 Å². The maximum atomic E-state index is 12.5. The van der Waals surface area contributed by atoms with E-state index in [-0.39, 0.29) is 28.8 Å². The van der Waals surface area contributed by atoms with E-state index < -0.39 is 18.1 Å². The van der Waals surface area contributed by atoms with Gasteiger partial charge in [-0.25, -0.2) is 4.79 Å². The zero-order chi connectivity index (χ0) is 22.6. The highest BCUT2D eigenvalue weighted by atomic mass is 79.9. The van der Waals surface area contributed by atoms with Crippen molar-refractivity contribution in [3.05, 3.63) is 47.5 Å². The SMILES string of the molecule is Br.NCCCCC(C=CC(=O)O)NC(=O)[C@@H](N)Cc1ccc(C(=O)N2CCOCC2)cc1. The molecule has 0 spiro atoms. The summed E-state index contributed by atoms with van der Waals surface area (Å²) < 4.78 is 5.27. The van der Waals surface area contributed by atoms with Crippen molar-refractivity contribution in [2.24, 2.45) is 11.5 Å². The number of nitrogens with two attached hydrogens (primary N) is 2. The van der Waals surface area contributed by atoms with Gasteiger partial charge >= 0.3 is 5.97 Å². The third-order valence-electron chi connectivity index (χ3n) is 5.06. The van der Waals surface area contributed by atoms with Crippen molar-refractivity contribution in [2.45, 2.75) is 37.8 Å². The zero-order valence-corrected chi connectivity index (χ0v) is 19.8. The molecule has 0 radical (unpaired) electrons. The van der Waals surface area contributed by atoms with Crippen LogP contribution in [0.25, 0.3) is 0 Å². The Morgan fingerprint density at radius 1 is 1.16 bits per heavy atom. The van der Waals surface area contributed by atoms with Gasteiger partial charge in [0.2, 0.25) is 5.91 Å². The summed E-state index contributed by atoms with van der Waals surface area (Å²) in [6.45, 7) is 2.78. The maximum absolute atomic E-state index is 12.5. The van der Waals surface area contributed by atoms with E-state index >= 15 is 0 Å². The lowest BCUT2D eigenvalue weighted by atomic mass is 10.0. The van der Waals surface area contributed by atoms with E-state index in [4.69, 9.17) is 21.3 Å². The van der Waals surface area contributed by atoms with Crippen LogP contribution in [0.2, 0.25) is 0 Å². The molecule has 2 atom stereocenters. The summed E-state index contributed by atoms with van der Waals surface area (Å²) in [5, 5.41) is 11.6. The average molecular weight is 513 g/mol. The standard InChI is InChI=1S/C22H32N4O5.BrH/c23-10-2-1-3-18(8-9-20(27)28)25-21(29)19(24)15-16-4-6-17(7-5-16)22(30)26-11-13-31-14-12-26;/h4-9,18-19H,1-3,10-15,23-24H2,(H,25,29)(H,27,28);1H/t18?,19-;/m0./s1. The van der Waals surface area contributed by atoms with Crippen LogP contribution >= 0.6 is 17.0 Å². The number of ether oxygens (including phenoxy) is 1. The second-order valence-corrected chi connectivity index (χ2v) is 7.51. The minimum atomic E-state index is -1.07. The van der Waals surface area contributed by atoms with Crippen molar-refractivity contribution >= 4 is 34.8 Å². The number of unbranched alkanes of at least 4 members (excludes halogenated alkanes) is 1. The highest BCUT2D eigenvalue weighted by Crippen LogP contribution is 2.11. The van der Waals surface area contributed by atoms with Gasteiger partial charge in [-0.3, -0.25) is 9.59 Å². The molecule has 2 rings (SSSR count). The lowest BCUT2D eigenvalue weighted by molar-refractivity contribution is -0.131. The van der Waals surface area contributed by atoms with E-state index in [2.05, 4.69) is 5.32 Å². The summed E-state index contributed by atoms with van der Waals surface area (Å²) in [5.74, 6) is -1.47. The van der Waals surface area contributed by atoms with Crippen LogP contribution in [0.15, 0.2) is 36.4 Å². The predicted octanol–water partition coefficient (Wildman–Crippen LogP) is 0.861. The molecule has 178 valence electrons. The first-order valence-electron chi connectivity index (χ1n) is 10.5. The number of hydrogen-bond donors (Lipinski definition) is 4. The highest BCUT2D eigenvalue weighted by Gasteiger charge is 2.20. The molecule has 1 unspecified atom stereocenters. The van der Waals surface area contributed by atoms with Gasteiger partial charge in [0, 0.05) is 30.8 Å². The molecule has 1 aliphatic rings. The molecule has 6 N–H and O–H groups in total. The Kier molecular flexibility index (Phi) is 12.8. The topological polar surface area (TPSA) is 148 Å². The van der Waals surface area contributed by atoms with Crippen LogP contribution in [0.3, 0.4) is 0 Å².